The minimum atomic E-state index is -3.86. The lowest BCUT2D eigenvalue weighted by Crippen LogP contribution is -2.56. The summed E-state index contributed by atoms with van der Waals surface area (Å²) >= 11 is 0. The van der Waals surface area contributed by atoms with Gasteiger partial charge in [0.1, 0.15) is 23.3 Å². The number of benzene rings is 4. The number of nitrogens with one attached hydrogen (secondary N) is 5. The number of likely N-dealkylation sites (N-methyl/N-ethyl adjacent to an activating group) is 2. The van der Waals surface area contributed by atoms with Gasteiger partial charge in [-0.15, -0.1) is 0 Å². The molecule has 0 radical (unpaired) electrons. The van der Waals surface area contributed by atoms with E-state index in [4.69, 9.17) is 20.9 Å². The summed E-state index contributed by atoms with van der Waals surface area (Å²) in [4.78, 5) is 176. The van der Waals surface area contributed by atoms with Crippen LogP contribution in [0.25, 0.3) is 0 Å². The summed E-state index contributed by atoms with van der Waals surface area (Å²) in [7, 11) is -12.2. The lowest BCUT2D eigenvalue weighted by atomic mass is 9.90. The van der Waals surface area contributed by atoms with Crippen LogP contribution in [0.15, 0.2) is 121 Å². The summed E-state index contributed by atoms with van der Waals surface area (Å²) < 4.78 is 120. The summed E-state index contributed by atoms with van der Waals surface area (Å²) in [6.07, 6.45) is 5.40. The smallest absolute Gasteiger partial charge is 0.410 e. The van der Waals surface area contributed by atoms with Gasteiger partial charge >= 0.3 is 12.2 Å². The van der Waals surface area contributed by atoms with E-state index in [1.807, 2.05) is 12.1 Å². The molecule has 0 aliphatic carbocycles. The van der Waals surface area contributed by atoms with Crippen LogP contribution in [0.3, 0.4) is 0 Å². The zero-order chi connectivity index (χ0) is 98.3. The Kier molecular flexibility index (Phi) is 33.5. The second-order valence-electron chi connectivity index (χ2n) is 38.4. The Balaban J connectivity index is 0.000000277. The van der Waals surface area contributed by atoms with Gasteiger partial charge in [-0.3, -0.25) is 52.8 Å². The van der Waals surface area contributed by atoms with Gasteiger partial charge in [-0.2, -0.15) is 17.2 Å². The van der Waals surface area contributed by atoms with Gasteiger partial charge in [0.2, 0.25) is 93.3 Å². The number of Topliss-reactive ketones (excluding diaryl/α,β-unsaturated/α-hetero) is 1. The van der Waals surface area contributed by atoms with Crippen LogP contribution in [-0.2, 0) is 97.5 Å². The first-order chi connectivity index (χ1) is 62.7. The number of ether oxygens (including phenoxy) is 2. The maximum atomic E-state index is 15.2. The normalized spacial score (nSPS) is 24.6. The SMILES string of the molecule is CS(=O)(=O)N1C[C@H](C(=O)Nc2ccccc2)[C@@H]2[C@H]1CCN2C(=O)[C@@H](N)CCCC[C@H](N)C(=O)N1CC[C@@H]2[C@H]1[C@@H](C(=O)Nc1ccccc1)CN2S(C)(=O)=O.C[C@@H](C(=O)C[C@@H](CCCC[C@H](NC(=O)[C@H](C)N(C)C(=O)OC(C)(C)C)C(=O)N1CC[C@@H]2[C@H]1[C@@H](C(=O)Nc1ccccc1)CN2S(C)(=O)=O)C(=O)N1CC[C@@H]2[C@H]1[C@@H](C(=O)Nc1ccccc1)CN2S(C)(=O)=O)N(C)C(=O)OC(C)(C)C. The summed E-state index contributed by atoms with van der Waals surface area (Å²) in [5.41, 5.74) is 13.1. The van der Waals surface area contributed by atoms with Gasteiger partial charge in [0, 0.05) is 126 Å². The largest absolute Gasteiger partial charge is 0.444 e. The number of amides is 11. The molecule has 736 valence electrons. The highest BCUT2D eigenvalue weighted by Gasteiger charge is 2.61. The predicted molar refractivity (Wildman–Crippen MR) is 501 cm³/mol. The summed E-state index contributed by atoms with van der Waals surface area (Å²) in [5.74, 6) is -9.41. The molecule has 43 heteroatoms. The van der Waals surface area contributed by atoms with Gasteiger partial charge in [0.25, 0.3) is 0 Å². The highest BCUT2D eigenvalue weighted by Crippen LogP contribution is 2.44. The number of carbonyl (C=O) groups excluding carboxylic acids is 12. The lowest BCUT2D eigenvalue weighted by Gasteiger charge is -2.33. The number of nitrogens with zero attached hydrogens (tertiary/aromatic N) is 10. The molecule has 0 aromatic heterocycles. The molecular weight excluding hydrogens is 1810 g/mol. The topological polar surface area (TPSA) is 504 Å². The monoisotopic (exact) mass is 1940 g/mol. The average Bonchev–Trinajstić information content (AvgIpc) is 1.60. The van der Waals surface area contributed by atoms with E-state index in [0.717, 1.165) is 34.8 Å². The number of hydrogen-bond donors (Lipinski definition) is 7. The van der Waals surface area contributed by atoms with Crippen LogP contribution >= 0.6 is 0 Å². The van der Waals surface area contributed by atoms with Gasteiger partial charge in [0.15, 0.2) is 5.78 Å². The van der Waals surface area contributed by atoms with Gasteiger partial charge in [-0.1, -0.05) is 98.5 Å². The number of carbonyl (C=O) groups is 12. The van der Waals surface area contributed by atoms with Crippen LogP contribution in [0.1, 0.15) is 139 Å². The van der Waals surface area contributed by atoms with Crippen molar-refractivity contribution in [2.45, 2.75) is 229 Å². The van der Waals surface area contributed by atoms with Gasteiger partial charge in [-0.05, 0) is 155 Å². The van der Waals surface area contributed by atoms with Gasteiger partial charge in [-0.25, -0.2) is 43.3 Å². The molecule has 4 aromatic rings. The van der Waals surface area contributed by atoms with Crippen molar-refractivity contribution in [1.82, 2.24) is 51.9 Å². The first-order valence-electron chi connectivity index (χ1n) is 45.5. The third-order valence-electron chi connectivity index (χ3n) is 26.7. The Morgan fingerprint density at radius 1 is 0.388 bits per heavy atom. The number of fused-ring (bicyclic) bond motifs is 4. The first kappa shape index (κ1) is 104. The van der Waals surface area contributed by atoms with Gasteiger partial charge < -0.3 is 72.0 Å². The Hall–Kier alpha value is -10.1. The van der Waals surface area contributed by atoms with Crippen LogP contribution in [0, 0.1) is 29.6 Å². The quantitative estimate of drug-likeness (QED) is 0.0327. The standard InChI is InChI=1S/C55H81N9O14S2.C36H50N8O8S2/c1-34(59(9)52(71)77-54(3,4)5)44(65)31-36(50(69)61-29-27-42-45(61)39(32-63(42)79(11,73)74)48(67)56-37-22-15-13-16-23-37)21-19-20-26-41(58-47(66)35(2)60(10)53(72)78-55(6,7)8)51(70)62-30-28-43-46(62)40(33-64(43)80(12,75)76)49(68)57-38-24-17-14-18-25-38;1-53(49,50)43-21-25(33(45)39-23-11-5-3-6-12-23)31-29(43)17-19-41(31)35(47)27(37)15-9-10-16-28(38)36(48)42-20-18-30-32(42)26(22-44(30)54(2,51)52)34(46)40-24-13-7-4-8-14-24/h13-18,22-25,34-36,39-43,45-46H,19-21,26-33H2,1-12H3,(H,56,67)(H,57,68)(H,58,66);3-8,11-14,25-32H,9-10,15-22,37-38H2,1-2H3,(H,39,45)(H,40,46)/t34-,35-,36+,39-,40-,41-,42+,43+,45+,46+;25-,26-,27-,28-,29+,30+,31+,32+/m00/s1. The van der Waals surface area contributed by atoms with Crippen LogP contribution in [0.4, 0.5) is 32.3 Å². The van der Waals surface area contributed by atoms with Crippen LogP contribution in [-0.4, -0.2) is 333 Å². The molecule has 8 saturated heterocycles. The van der Waals surface area contributed by atoms with Crippen molar-refractivity contribution in [3.05, 3.63) is 121 Å². The number of hydrogen-bond acceptors (Lipinski definition) is 24. The molecule has 12 rings (SSSR count). The van der Waals surface area contributed by atoms with E-state index in [0.29, 0.717) is 48.4 Å². The number of ketones is 1. The average molecular weight is 1940 g/mol. The molecule has 0 unspecified atom stereocenters. The number of para-hydroxylation sites is 4. The van der Waals surface area contributed by atoms with E-state index in [9.17, 15) is 81.6 Å². The van der Waals surface area contributed by atoms with E-state index in [-0.39, 0.29) is 134 Å². The molecule has 0 bridgehead atoms. The van der Waals surface area contributed by atoms with Crippen molar-refractivity contribution in [3.63, 3.8) is 0 Å². The lowest BCUT2D eigenvalue weighted by molar-refractivity contribution is -0.141. The van der Waals surface area contributed by atoms with Gasteiger partial charge in [0.05, 0.1) is 91.0 Å². The van der Waals surface area contributed by atoms with E-state index < -0.39 is 207 Å². The summed E-state index contributed by atoms with van der Waals surface area (Å²) in [5, 5.41) is 14.3. The molecule has 8 fully saturated rings. The predicted octanol–water partition coefficient (Wildman–Crippen LogP) is 4.32. The fourth-order valence-corrected chi connectivity index (χ4v) is 24.5. The highest BCUT2D eigenvalue weighted by molar-refractivity contribution is 7.89. The molecule has 8 heterocycles. The zero-order valence-corrected chi connectivity index (χ0v) is 81.8. The van der Waals surface area contributed by atoms with E-state index >= 15 is 9.59 Å². The zero-order valence-electron chi connectivity index (χ0n) is 78.5. The molecule has 8 aliphatic rings. The molecule has 39 nitrogen and oxygen atoms in total. The number of nitrogens with two attached hydrogens (primary N) is 2. The minimum absolute atomic E-state index is 0.0319. The molecular formula is C91H131N17O22S4. The molecule has 8 aliphatic heterocycles. The van der Waals surface area contributed by atoms with Crippen molar-refractivity contribution < 1.29 is 101 Å². The van der Waals surface area contributed by atoms with Crippen LogP contribution in [0.5, 0.6) is 0 Å². The third kappa shape index (κ3) is 25.2. The van der Waals surface area contributed by atoms with Crippen molar-refractivity contribution in [1.29, 1.82) is 0 Å². The summed E-state index contributed by atoms with van der Waals surface area (Å²) in [6, 6.07) is 23.8. The number of unbranched alkanes of at least 4 members (excludes halogenated alkanes) is 2. The number of rotatable bonds is 33. The second-order valence-corrected chi connectivity index (χ2v) is 46.2. The summed E-state index contributed by atoms with van der Waals surface area (Å²) in [6.45, 7) is 13.2. The van der Waals surface area contributed by atoms with E-state index in [1.165, 1.54) is 55.0 Å². The molecule has 0 spiro atoms. The Morgan fingerprint density at radius 3 is 0.933 bits per heavy atom. The molecule has 4 aromatic carbocycles. The Morgan fingerprint density at radius 2 is 0.649 bits per heavy atom. The fourth-order valence-electron chi connectivity index (χ4n) is 19.9. The van der Waals surface area contributed by atoms with Crippen LogP contribution < -0.4 is 38.1 Å². The number of anilines is 4. The maximum Gasteiger partial charge on any atom is 0.410 e. The highest BCUT2D eigenvalue weighted by atomic mass is 32.2. The third-order valence-corrected chi connectivity index (χ3v) is 31.7. The number of likely N-dealkylation sites (tertiary alicyclic amines) is 4. The van der Waals surface area contributed by atoms with Crippen LogP contribution in [0.2, 0.25) is 0 Å². The van der Waals surface area contributed by atoms with E-state index in [1.54, 1.807) is 161 Å². The van der Waals surface area contributed by atoms with Crippen molar-refractivity contribution in [3.8, 4) is 0 Å². The molecule has 134 heavy (non-hydrogen) atoms. The van der Waals surface area contributed by atoms with E-state index in [2.05, 4.69) is 26.6 Å². The van der Waals surface area contributed by atoms with Crippen molar-refractivity contribution in [2.24, 2.45) is 41.1 Å². The van der Waals surface area contributed by atoms with Crippen molar-refractivity contribution >= 4 is 134 Å². The Bertz CT molecular complexity index is 5100. The molecule has 11 amide bonds. The first-order valence-corrected chi connectivity index (χ1v) is 52.9. The number of sulfonamides is 4. The van der Waals surface area contributed by atoms with Crippen molar-refractivity contribution in [2.75, 3.05) is 113 Å². The molecule has 0 saturated carbocycles. The second kappa shape index (κ2) is 43.1. The molecule has 18 atom stereocenters. The molecule has 9 N–H and O–H groups in total. The minimum Gasteiger partial charge on any atom is -0.444 e. The maximum absolute atomic E-state index is 15.2. The fraction of sp³-hybridized carbons (Fsp3) is 0.604. The Labute approximate surface area is 785 Å².